The average Bonchev–Trinajstić information content (AvgIpc) is 3.34. The van der Waals surface area contributed by atoms with Crippen LogP contribution in [0.4, 0.5) is 0 Å². The normalized spacial score (nSPS) is 30.2. The van der Waals surface area contributed by atoms with E-state index < -0.39 is 0 Å². The molecular formula is C25H26O4. The number of fused-ring (bicyclic) bond motifs is 5. The number of Topliss-reactive ketones (excluding diaryl/α,β-unsaturated/α-hetero) is 1. The molecule has 2 fully saturated rings. The summed E-state index contributed by atoms with van der Waals surface area (Å²) in [6.45, 7) is 6.08. The maximum Gasteiger partial charge on any atom is 0.173 e. The number of aliphatic hydroxyl groups excluding tert-OH is 1. The van der Waals surface area contributed by atoms with Crippen LogP contribution in [0.5, 0.6) is 5.75 Å². The number of ether oxygens (including phenoxy) is 2. The van der Waals surface area contributed by atoms with Crippen LogP contribution < -0.4 is 4.74 Å². The molecule has 2 saturated heterocycles. The van der Waals surface area contributed by atoms with Crippen molar-refractivity contribution in [2.24, 2.45) is 11.8 Å². The van der Waals surface area contributed by atoms with Crippen molar-refractivity contribution in [2.45, 2.75) is 45.3 Å². The quantitative estimate of drug-likeness (QED) is 0.828. The highest BCUT2D eigenvalue weighted by Gasteiger charge is 2.62. The van der Waals surface area contributed by atoms with Gasteiger partial charge in [-0.05, 0) is 61.6 Å². The summed E-state index contributed by atoms with van der Waals surface area (Å²) in [5, 5.41) is 11.2. The first-order valence-electron chi connectivity index (χ1n) is 10.3. The number of aryl methyl sites for hydroxylation is 3. The number of hydrogen-bond donors (Lipinski definition) is 1. The second-order valence-electron chi connectivity index (χ2n) is 8.71. The van der Waals surface area contributed by atoms with Gasteiger partial charge in [-0.25, -0.2) is 0 Å². The SMILES string of the molecule is COc1cccc(C2CC3OC2[C@H]2C(O)=C(c4c(C)cc(C)cc4C)C(=O)[C@@H]32)c1. The summed E-state index contributed by atoms with van der Waals surface area (Å²) in [6.07, 6.45) is 0.487. The molecule has 2 aromatic carbocycles. The Bertz CT molecular complexity index is 1030. The van der Waals surface area contributed by atoms with E-state index in [4.69, 9.17) is 9.47 Å². The largest absolute Gasteiger partial charge is 0.511 e. The Labute approximate surface area is 171 Å². The van der Waals surface area contributed by atoms with Crippen molar-refractivity contribution in [2.75, 3.05) is 7.11 Å². The van der Waals surface area contributed by atoms with E-state index in [1.165, 1.54) is 0 Å². The first-order valence-corrected chi connectivity index (χ1v) is 10.3. The lowest BCUT2D eigenvalue weighted by Gasteiger charge is -2.28. The number of ketones is 1. The van der Waals surface area contributed by atoms with Crippen molar-refractivity contribution in [1.29, 1.82) is 0 Å². The monoisotopic (exact) mass is 390 g/mol. The molecule has 0 radical (unpaired) electrons. The van der Waals surface area contributed by atoms with E-state index in [0.29, 0.717) is 5.57 Å². The molecule has 0 aromatic heterocycles. The topological polar surface area (TPSA) is 55.8 Å². The van der Waals surface area contributed by atoms with Gasteiger partial charge in [-0.15, -0.1) is 0 Å². The first kappa shape index (κ1) is 18.4. The average molecular weight is 390 g/mol. The zero-order valence-electron chi connectivity index (χ0n) is 17.2. The first-order chi connectivity index (χ1) is 13.9. The molecule has 2 bridgehead atoms. The van der Waals surface area contributed by atoms with Crippen LogP contribution in [0.1, 0.15) is 40.2 Å². The summed E-state index contributed by atoms with van der Waals surface area (Å²) in [5.41, 5.74) is 5.79. The van der Waals surface area contributed by atoms with E-state index in [9.17, 15) is 9.90 Å². The van der Waals surface area contributed by atoms with Crippen LogP contribution >= 0.6 is 0 Å². The maximum absolute atomic E-state index is 13.4. The highest BCUT2D eigenvalue weighted by Crippen LogP contribution is 2.58. The molecule has 29 heavy (non-hydrogen) atoms. The third kappa shape index (κ3) is 2.58. The van der Waals surface area contributed by atoms with Gasteiger partial charge in [0.2, 0.25) is 0 Å². The predicted molar refractivity (Wildman–Crippen MR) is 111 cm³/mol. The predicted octanol–water partition coefficient (Wildman–Crippen LogP) is 4.66. The van der Waals surface area contributed by atoms with Crippen molar-refractivity contribution in [3.05, 3.63) is 70.0 Å². The molecule has 2 aliphatic heterocycles. The minimum Gasteiger partial charge on any atom is -0.511 e. The van der Waals surface area contributed by atoms with Crippen LogP contribution in [-0.2, 0) is 9.53 Å². The van der Waals surface area contributed by atoms with Crippen LogP contribution in [0.15, 0.2) is 42.2 Å². The maximum atomic E-state index is 13.4. The Morgan fingerprint density at radius 3 is 2.48 bits per heavy atom. The Kier molecular flexibility index (Phi) is 4.11. The summed E-state index contributed by atoms with van der Waals surface area (Å²) in [4.78, 5) is 13.4. The summed E-state index contributed by atoms with van der Waals surface area (Å²) in [6, 6.07) is 12.2. The Hall–Kier alpha value is -2.59. The molecule has 0 saturated carbocycles. The molecule has 4 nitrogen and oxygen atoms in total. The standard InChI is InChI=1S/C25H26O4/c1-12-8-13(2)19(14(3)9-12)21-23(26)20-18-11-17(25(29-18)22(20)24(21)27)15-6-5-7-16(10-15)28-4/h5-10,17-18,20,22,25,27H,11H2,1-4H3/t17?,18?,20-,22+,25?/m0/s1. The number of benzene rings is 2. The van der Waals surface area contributed by atoms with Gasteiger partial charge in [-0.2, -0.15) is 0 Å². The number of methoxy groups -OCH3 is 1. The Morgan fingerprint density at radius 2 is 1.79 bits per heavy atom. The summed E-state index contributed by atoms with van der Waals surface area (Å²) in [5.74, 6) is 0.709. The van der Waals surface area contributed by atoms with Gasteiger partial charge in [0, 0.05) is 5.92 Å². The second-order valence-corrected chi connectivity index (χ2v) is 8.71. The van der Waals surface area contributed by atoms with E-state index in [0.717, 1.165) is 40.0 Å². The molecule has 2 aromatic rings. The van der Waals surface area contributed by atoms with Gasteiger partial charge in [0.05, 0.1) is 36.7 Å². The molecule has 0 spiro atoms. The lowest BCUT2D eigenvalue weighted by Crippen LogP contribution is -2.33. The fraction of sp³-hybridized carbons (Fsp3) is 0.400. The number of aliphatic hydroxyl groups is 1. The fourth-order valence-corrected chi connectivity index (χ4v) is 5.88. The molecule has 2 heterocycles. The summed E-state index contributed by atoms with van der Waals surface area (Å²) < 4.78 is 11.6. The lowest BCUT2D eigenvalue weighted by atomic mass is 9.72. The van der Waals surface area contributed by atoms with Gasteiger partial charge in [0.25, 0.3) is 0 Å². The van der Waals surface area contributed by atoms with E-state index in [-0.39, 0.29) is 41.5 Å². The van der Waals surface area contributed by atoms with Crippen LogP contribution in [-0.4, -0.2) is 30.2 Å². The third-order valence-electron chi connectivity index (χ3n) is 6.93. The molecule has 0 amide bonds. The minimum atomic E-state index is -0.267. The van der Waals surface area contributed by atoms with Crippen LogP contribution in [0.25, 0.3) is 5.57 Å². The van der Waals surface area contributed by atoms with Gasteiger partial charge in [0.1, 0.15) is 11.5 Å². The number of allylic oxidation sites excluding steroid dienone is 1. The van der Waals surface area contributed by atoms with Crippen molar-refractivity contribution >= 4 is 11.4 Å². The smallest absolute Gasteiger partial charge is 0.173 e. The zero-order valence-corrected chi connectivity index (χ0v) is 17.2. The fourth-order valence-electron chi connectivity index (χ4n) is 5.88. The molecule has 4 heteroatoms. The molecule has 3 unspecified atom stereocenters. The molecular weight excluding hydrogens is 364 g/mol. The van der Waals surface area contributed by atoms with Crippen LogP contribution in [0, 0.1) is 32.6 Å². The number of carbonyl (C=O) groups is 1. The van der Waals surface area contributed by atoms with Gasteiger partial charge in [0.15, 0.2) is 5.78 Å². The van der Waals surface area contributed by atoms with E-state index in [1.807, 2.05) is 32.0 Å². The van der Waals surface area contributed by atoms with Crippen LogP contribution in [0.3, 0.4) is 0 Å². The van der Waals surface area contributed by atoms with E-state index in [2.05, 4.69) is 25.1 Å². The van der Waals surface area contributed by atoms with Gasteiger partial charge in [-0.1, -0.05) is 29.8 Å². The van der Waals surface area contributed by atoms with Crippen molar-refractivity contribution in [3.8, 4) is 5.75 Å². The molecule has 3 aliphatic rings. The van der Waals surface area contributed by atoms with E-state index in [1.54, 1.807) is 7.11 Å². The summed E-state index contributed by atoms with van der Waals surface area (Å²) >= 11 is 0. The van der Waals surface area contributed by atoms with Crippen molar-refractivity contribution in [1.82, 2.24) is 0 Å². The number of hydrogen-bond acceptors (Lipinski definition) is 4. The molecule has 150 valence electrons. The minimum absolute atomic E-state index is 0.0409. The number of carbonyl (C=O) groups excluding carboxylic acids is 1. The second kappa shape index (κ2) is 6.46. The molecule has 5 rings (SSSR count). The summed E-state index contributed by atoms with van der Waals surface area (Å²) in [7, 11) is 1.66. The number of rotatable bonds is 3. The van der Waals surface area contributed by atoms with Gasteiger partial charge >= 0.3 is 0 Å². The van der Waals surface area contributed by atoms with Gasteiger partial charge in [-0.3, -0.25) is 4.79 Å². The van der Waals surface area contributed by atoms with Crippen LogP contribution in [0.2, 0.25) is 0 Å². The highest BCUT2D eigenvalue weighted by atomic mass is 16.5. The third-order valence-corrected chi connectivity index (χ3v) is 6.93. The zero-order chi connectivity index (χ0) is 20.4. The molecule has 1 aliphatic carbocycles. The Morgan fingerprint density at radius 1 is 1.07 bits per heavy atom. The van der Waals surface area contributed by atoms with Gasteiger partial charge < -0.3 is 14.6 Å². The van der Waals surface area contributed by atoms with Crippen molar-refractivity contribution < 1.29 is 19.4 Å². The highest BCUT2D eigenvalue weighted by molar-refractivity contribution is 6.26. The lowest BCUT2D eigenvalue weighted by molar-refractivity contribution is -0.118. The molecule has 1 N–H and O–H groups in total. The van der Waals surface area contributed by atoms with Crippen molar-refractivity contribution in [3.63, 3.8) is 0 Å². The molecule has 5 atom stereocenters. The Balaban J connectivity index is 1.56. The van der Waals surface area contributed by atoms with E-state index >= 15 is 0 Å².